The number of hydrogen-bond donors (Lipinski definition) is 1. The Morgan fingerprint density at radius 3 is 2.64 bits per heavy atom. The lowest BCUT2D eigenvalue weighted by molar-refractivity contribution is 0.686. The third-order valence-corrected chi connectivity index (χ3v) is 1.77. The van der Waals surface area contributed by atoms with Crippen molar-refractivity contribution in [3.05, 3.63) is 12.4 Å². The summed E-state index contributed by atoms with van der Waals surface area (Å²) in [5, 5.41) is 3.24. The molecular formula is C10H18N4. The summed E-state index contributed by atoms with van der Waals surface area (Å²) in [4.78, 5) is 10.5. The number of rotatable bonds is 4. The third-order valence-electron chi connectivity index (χ3n) is 1.77. The van der Waals surface area contributed by atoms with Crippen LogP contribution in [-0.4, -0.2) is 30.6 Å². The molecule has 4 heteroatoms. The van der Waals surface area contributed by atoms with Crippen molar-refractivity contribution in [1.29, 1.82) is 0 Å². The van der Waals surface area contributed by atoms with Crippen LogP contribution in [0.25, 0.3) is 0 Å². The van der Waals surface area contributed by atoms with Crippen LogP contribution in [0.1, 0.15) is 13.8 Å². The minimum atomic E-state index is 0.611. The molecule has 0 aliphatic heterocycles. The van der Waals surface area contributed by atoms with E-state index in [4.69, 9.17) is 0 Å². The van der Waals surface area contributed by atoms with Crippen molar-refractivity contribution in [2.75, 3.05) is 30.9 Å². The highest BCUT2D eigenvalue weighted by Gasteiger charge is 2.00. The fraction of sp³-hybridized carbons (Fsp3) is 0.600. The SMILES string of the molecule is CC(C)CNc1cncc(N(C)C)n1. The summed E-state index contributed by atoms with van der Waals surface area (Å²) in [7, 11) is 3.91. The summed E-state index contributed by atoms with van der Waals surface area (Å²) in [6.07, 6.45) is 3.50. The number of aromatic nitrogens is 2. The largest absolute Gasteiger partial charge is 0.368 e. The highest BCUT2D eigenvalue weighted by molar-refractivity contribution is 5.42. The molecule has 1 aromatic heterocycles. The molecule has 0 saturated heterocycles. The van der Waals surface area contributed by atoms with Gasteiger partial charge in [0.2, 0.25) is 0 Å². The minimum absolute atomic E-state index is 0.611. The summed E-state index contributed by atoms with van der Waals surface area (Å²) >= 11 is 0. The van der Waals surface area contributed by atoms with Crippen LogP contribution in [-0.2, 0) is 0 Å². The van der Waals surface area contributed by atoms with Gasteiger partial charge in [0.15, 0.2) is 0 Å². The predicted molar refractivity (Wildman–Crippen MR) is 59.7 cm³/mol. The zero-order chi connectivity index (χ0) is 10.6. The van der Waals surface area contributed by atoms with Crippen molar-refractivity contribution >= 4 is 11.6 Å². The molecule has 1 heterocycles. The first-order valence-corrected chi connectivity index (χ1v) is 4.83. The molecule has 1 N–H and O–H groups in total. The van der Waals surface area contributed by atoms with Crippen molar-refractivity contribution in [3.8, 4) is 0 Å². The molecule has 0 amide bonds. The molecule has 0 fully saturated rings. The van der Waals surface area contributed by atoms with Crippen molar-refractivity contribution in [1.82, 2.24) is 9.97 Å². The van der Waals surface area contributed by atoms with E-state index in [9.17, 15) is 0 Å². The highest BCUT2D eigenvalue weighted by Crippen LogP contribution is 2.09. The molecular weight excluding hydrogens is 176 g/mol. The Morgan fingerprint density at radius 2 is 2.07 bits per heavy atom. The van der Waals surface area contributed by atoms with Crippen LogP contribution in [0, 0.1) is 5.92 Å². The quantitative estimate of drug-likeness (QED) is 0.790. The smallest absolute Gasteiger partial charge is 0.149 e. The van der Waals surface area contributed by atoms with Gasteiger partial charge in [-0.2, -0.15) is 0 Å². The van der Waals surface area contributed by atoms with E-state index in [1.54, 1.807) is 12.4 Å². The van der Waals surface area contributed by atoms with Gasteiger partial charge in [0.25, 0.3) is 0 Å². The Morgan fingerprint density at radius 1 is 1.36 bits per heavy atom. The van der Waals surface area contributed by atoms with Gasteiger partial charge in [0.05, 0.1) is 12.4 Å². The van der Waals surface area contributed by atoms with Crippen molar-refractivity contribution in [2.45, 2.75) is 13.8 Å². The Kier molecular flexibility index (Phi) is 3.68. The molecule has 0 aliphatic carbocycles. The normalized spacial score (nSPS) is 10.4. The van der Waals surface area contributed by atoms with E-state index in [0.29, 0.717) is 5.92 Å². The van der Waals surface area contributed by atoms with E-state index < -0.39 is 0 Å². The zero-order valence-electron chi connectivity index (χ0n) is 9.28. The maximum atomic E-state index is 4.40. The van der Waals surface area contributed by atoms with E-state index in [1.807, 2.05) is 19.0 Å². The maximum Gasteiger partial charge on any atom is 0.149 e. The Bertz CT molecular complexity index is 283. The Labute approximate surface area is 85.4 Å². The molecule has 0 atom stereocenters. The molecule has 78 valence electrons. The van der Waals surface area contributed by atoms with Gasteiger partial charge in [0, 0.05) is 20.6 Å². The van der Waals surface area contributed by atoms with E-state index in [1.165, 1.54) is 0 Å². The van der Waals surface area contributed by atoms with E-state index in [2.05, 4.69) is 29.1 Å². The molecule has 0 spiro atoms. The first-order chi connectivity index (χ1) is 6.59. The third kappa shape index (κ3) is 3.20. The van der Waals surface area contributed by atoms with Gasteiger partial charge >= 0.3 is 0 Å². The Balaban J connectivity index is 2.64. The van der Waals surface area contributed by atoms with Crippen LogP contribution in [0.5, 0.6) is 0 Å². The van der Waals surface area contributed by atoms with Crippen LogP contribution in [0.15, 0.2) is 12.4 Å². The summed E-state index contributed by atoms with van der Waals surface area (Å²) in [6.45, 7) is 5.25. The van der Waals surface area contributed by atoms with Gasteiger partial charge in [-0.25, -0.2) is 4.98 Å². The van der Waals surface area contributed by atoms with Gasteiger partial charge in [0.1, 0.15) is 11.6 Å². The number of anilines is 2. The first kappa shape index (κ1) is 10.8. The lowest BCUT2D eigenvalue weighted by atomic mass is 10.2. The number of hydrogen-bond acceptors (Lipinski definition) is 4. The lowest BCUT2D eigenvalue weighted by Crippen LogP contribution is -2.14. The summed E-state index contributed by atoms with van der Waals surface area (Å²) in [6, 6.07) is 0. The molecule has 0 aromatic carbocycles. The van der Waals surface area contributed by atoms with Crippen molar-refractivity contribution < 1.29 is 0 Å². The molecule has 0 unspecified atom stereocenters. The van der Waals surface area contributed by atoms with Gasteiger partial charge in [-0.3, -0.25) is 4.98 Å². The second-order valence-corrected chi connectivity index (χ2v) is 3.93. The summed E-state index contributed by atoms with van der Waals surface area (Å²) < 4.78 is 0. The number of nitrogens with zero attached hydrogens (tertiary/aromatic N) is 3. The molecule has 1 rings (SSSR count). The summed E-state index contributed by atoms with van der Waals surface area (Å²) in [5.74, 6) is 2.32. The monoisotopic (exact) mass is 194 g/mol. The van der Waals surface area contributed by atoms with Crippen LogP contribution < -0.4 is 10.2 Å². The Hall–Kier alpha value is -1.32. The molecule has 4 nitrogen and oxygen atoms in total. The fourth-order valence-corrected chi connectivity index (χ4v) is 0.965. The van der Waals surface area contributed by atoms with Gasteiger partial charge in [-0.15, -0.1) is 0 Å². The van der Waals surface area contributed by atoms with Crippen LogP contribution in [0.4, 0.5) is 11.6 Å². The first-order valence-electron chi connectivity index (χ1n) is 4.83. The van der Waals surface area contributed by atoms with Gasteiger partial charge < -0.3 is 10.2 Å². The fourth-order valence-electron chi connectivity index (χ4n) is 0.965. The van der Waals surface area contributed by atoms with Crippen molar-refractivity contribution in [3.63, 3.8) is 0 Å². The molecule has 0 bridgehead atoms. The summed E-state index contributed by atoms with van der Waals surface area (Å²) in [5.41, 5.74) is 0. The van der Waals surface area contributed by atoms with E-state index >= 15 is 0 Å². The molecule has 0 aliphatic rings. The zero-order valence-corrected chi connectivity index (χ0v) is 9.28. The van der Waals surface area contributed by atoms with E-state index in [-0.39, 0.29) is 0 Å². The second-order valence-electron chi connectivity index (χ2n) is 3.93. The van der Waals surface area contributed by atoms with Gasteiger partial charge in [-0.1, -0.05) is 13.8 Å². The van der Waals surface area contributed by atoms with Gasteiger partial charge in [-0.05, 0) is 5.92 Å². The standard InChI is InChI=1S/C10H18N4/c1-8(2)5-12-9-6-11-7-10(13-9)14(3)4/h6-8H,5H2,1-4H3,(H,12,13). The van der Waals surface area contributed by atoms with E-state index in [0.717, 1.165) is 18.2 Å². The van der Waals surface area contributed by atoms with Crippen LogP contribution >= 0.6 is 0 Å². The topological polar surface area (TPSA) is 41.1 Å². The van der Waals surface area contributed by atoms with Crippen LogP contribution in [0.3, 0.4) is 0 Å². The molecule has 1 aromatic rings. The minimum Gasteiger partial charge on any atom is -0.368 e. The molecule has 0 saturated carbocycles. The molecule has 14 heavy (non-hydrogen) atoms. The highest BCUT2D eigenvalue weighted by atomic mass is 15.2. The predicted octanol–water partition coefficient (Wildman–Crippen LogP) is 1.61. The molecule has 0 radical (unpaired) electrons. The second kappa shape index (κ2) is 4.79. The van der Waals surface area contributed by atoms with Crippen LogP contribution in [0.2, 0.25) is 0 Å². The lowest BCUT2D eigenvalue weighted by Gasteiger charge is -2.13. The average molecular weight is 194 g/mol. The average Bonchev–Trinajstić information content (AvgIpc) is 2.15. The number of nitrogens with one attached hydrogen (secondary N) is 1. The van der Waals surface area contributed by atoms with Crippen molar-refractivity contribution in [2.24, 2.45) is 5.92 Å². The maximum absolute atomic E-state index is 4.40.